The van der Waals surface area contributed by atoms with E-state index in [2.05, 4.69) is 11.6 Å². The Morgan fingerprint density at radius 2 is 2.21 bits per heavy atom. The monoisotopic (exact) mass is 218 g/mol. The second kappa shape index (κ2) is 7.14. The van der Waals surface area contributed by atoms with Crippen molar-refractivity contribution in [2.75, 3.05) is 7.05 Å². The third-order valence-corrected chi connectivity index (χ3v) is 1.62. The van der Waals surface area contributed by atoms with Crippen LogP contribution in [0.15, 0.2) is 16.7 Å². The molecule has 14 heavy (non-hydrogen) atoms. The van der Waals surface area contributed by atoms with Crippen molar-refractivity contribution < 1.29 is 18.8 Å². The van der Waals surface area contributed by atoms with E-state index >= 15 is 0 Å². The van der Waals surface area contributed by atoms with Gasteiger partial charge in [0.15, 0.2) is 5.90 Å². The maximum Gasteiger partial charge on any atom is 0.547 e. The smallest absolute Gasteiger partial charge is 0.481 e. The van der Waals surface area contributed by atoms with Crippen LogP contribution in [-0.2, 0) is 25.4 Å². The number of hydrogen-bond donors (Lipinski definition) is 1. The fraction of sp³-hybridized carbons (Fsp3) is 0.500. The topological polar surface area (TPSA) is 76.0 Å². The minimum Gasteiger partial charge on any atom is -0.481 e. The molecule has 0 aromatic heterocycles. The average Bonchev–Trinajstić information content (AvgIpc) is 2.15. The number of carboxylic acids is 1. The lowest BCUT2D eigenvalue weighted by molar-refractivity contribution is -0.137. The molecule has 0 bridgehead atoms. The van der Waals surface area contributed by atoms with Gasteiger partial charge < -0.3 is 9.84 Å². The van der Waals surface area contributed by atoms with Crippen molar-refractivity contribution >= 4 is 23.5 Å². The highest BCUT2D eigenvalue weighted by Gasteiger charge is 2.13. The van der Waals surface area contributed by atoms with Crippen molar-refractivity contribution in [1.29, 1.82) is 0 Å². The van der Waals surface area contributed by atoms with Gasteiger partial charge in [-0.1, -0.05) is 0 Å². The van der Waals surface area contributed by atoms with Crippen molar-refractivity contribution in [3.8, 4) is 0 Å². The zero-order valence-corrected chi connectivity index (χ0v) is 8.67. The van der Waals surface area contributed by atoms with Crippen LogP contribution in [0, 0.1) is 0 Å². The first-order valence-corrected chi connectivity index (χ1v) is 4.68. The number of nitrogens with zero attached hydrogens (tertiary/aromatic N) is 1. The number of rotatable bonds is 6. The molecule has 0 saturated carbocycles. The molecule has 0 aromatic carbocycles. The minimum absolute atomic E-state index is 0.0147. The van der Waals surface area contributed by atoms with Crippen LogP contribution < -0.4 is 0 Å². The summed E-state index contributed by atoms with van der Waals surface area (Å²) in [6.45, 7) is 3.34. The molecule has 5 nitrogen and oxygen atoms in total. The van der Waals surface area contributed by atoms with Gasteiger partial charge in [-0.05, 0) is 6.42 Å². The highest BCUT2D eigenvalue weighted by atomic mass is 32.1. The summed E-state index contributed by atoms with van der Waals surface area (Å²) in [4.78, 5) is 14.0. The quantitative estimate of drug-likeness (QED) is 0.314. The molecule has 0 heterocycles. The second-order valence-electron chi connectivity index (χ2n) is 2.42. The highest BCUT2D eigenvalue weighted by molar-refractivity contribution is 7.69. The average molecular weight is 218 g/mol. The number of carbonyl (C=O) groups is 1. The van der Waals surface area contributed by atoms with Gasteiger partial charge in [0.2, 0.25) is 0 Å². The fourth-order valence-electron chi connectivity index (χ4n) is 0.748. The van der Waals surface area contributed by atoms with E-state index in [0.29, 0.717) is 18.7 Å². The molecule has 1 N–H and O–H groups in total. The number of aliphatic carboxylic acids is 1. The van der Waals surface area contributed by atoms with E-state index in [0.717, 1.165) is 0 Å². The molecule has 0 aliphatic heterocycles. The van der Waals surface area contributed by atoms with E-state index in [1.165, 1.54) is 7.05 Å². The lowest BCUT2D eigenvalue weighted by atomic mass is 10.2. The number of ether oxygens (including phenoxy) is 1. The van der Waals surface area contributed by atoms with Gasteiger partial charge >= 0.3 is 22.7 Å². The van der Waals surface area contributed by atoms with Gasteiger partial charge in [0.05, 0.1) is 0 Å². The third-order valence-electron chi connectivity index (χ3n) is 1.36. The maximum atomic E-state index is 10.2. The van der Waals surface area contributed by atoms with Crippen LogP contribution in [0.3, 0.4) is 0 Å². The zero-order chi connectivity index (χ0) is 11.0. The Hall–Kier alpha value is -1.30. The van der Waals surface area contributed by atoms with Crippen molar-refractivity contribution in [2.45, 2.75) is 19.3 Å². The normalized spacial score (nSPS) is 10.8. The molecule has 0 rings (SSSR count). The SMILES string of the molecule is C=C(OC(CCCC(=O)O)=NC)[S+]=O. The van der Waals surface area contributed by atoms with Gasteiger partial charge in [-0.3, -0.25) is 9.79 Å². The summed E-state index contributed by atoms with van der Waals surface area (Å²) in [5.74, 6) is -0.530. The van der Waals surface area contributed by atoms with Gasteiger partial charge in [0, 0.05) is 30.7 Å². The summed E-state index contributed by atoms with van der Waals surface area (Å²) in [5, 5.41) is 8.39. The molecule has 0 spiro atoms. The Morgan fingerprint density at radius 1 is 1.57 bits per heavy atom. The van der Waals surface area contributed by atoms with E-state index in [9.17, 15) is 9.00 Å². The molecule has 6 heteroatoms. The van der Waals surface area contributed by atoms with Gasteiger partial charge in [-0.2, -0.15) is 0 Å². The molecule has 0 amide bonds. The lowest BCUT2D eigenvalue weighted by Gasteiger charge is -2.00. The Labute approximate surface area is 86.0 Å². The molecule has 0 unspecified atom stereocenters. The minimum atomic E-state index is -0.863. The van der Waals surface area contributed by atoms with Crippen molar-refractivity contribution in [3.63, 3.8) is 0 Å². The van der Waals surface area contributed by atoms with Gasteiger partial charge in [-0.25, -0.2) is 0 Å². The van der Waals surface area contributed by atoms with Gasteiger partial charge in [-0.15, -0.1) is 0 Å². The summed E-state index contributed by atoms with van der Waals surface area (Å²) in [7, 11) is 1.51. The molecule has 0 fully saturated rings. The summed E-state index contributed by atoms with van der Waals surface area (Å²) >= 11 is 0.144. The van der Waals surface area contributed by atoms with Crippen molar-refractivity contribution in [1.82, 2.24) is 0 Å². The van der Waals surface area contributed by atoms with Gasteiger partial charge in [0.25, 0.3) is 0 Å². The van der Waals surface area contributed by atoms with E-state index in [1.807, 2.05) is 0 Å². The molecule has 0 aliphatic rings. The van der Waals surface area contributed by atoms with Crippen LogP contribution >= 0.6 is 0 Å². The van der Waals surface area contributed by atoms with E-state index in [4.69, 9.17) is 9.84 Å². The van der Waals surface area contributed by atoms with E-state index in [-0.39, 0.29) is 23.2 Å². The first-order valence-electron chi connectivity index (χ1n) is 3.94. The first-order chi connectivity index (χ1) is 6.60. The largest absolute Gasteiger partial charge is 0.547 e. The Balaban J connectivity index is 3.87. The molecule has 78 valence electrons. The predicted molar refractivity (Wildman–Crippen MR) is 53.1 cm³/mol. The Morgan fingerprint density at radius 3 is 2.64 bits per heavy atom. The summed E-state index contributed by atoms with van der Waals surface area (Å²) in [6.07, 6.45) is 0.876. The lowest BCUT2D eigenvalue weighted by Crippen LogP contribution is -2.05. The van der Waals surface area contributed by atoms with Crippen molar-refractivity contribution in [2.24, 2.45) is 4.99 Å². The maximum absolute atomic E-state index is 10.2. The molecular weight excluding hydrogens is 206 g/mol. The number of hydrogen-bond acceptors (Lipinski definition) is 4. The molecule has 0 aliphatic carbocycles. The van der Waals surface area contributed by atoms with Crippen LogP contribution in [-0.4, -0.2) is 24.0 Å². The first kappa shape index (κ1) is 12.7. The summed E-state index contributed by atoms with van der Waals surface area (Å²) in [6, 6.07) is 0. The van der Waals surface area contributed by atoms with E-state index in [1.54, 1.807) is 0 Å². The predicted octanol–water partition coefficient (Wildman–Crippen LogP) is 1.19. The summed E-state index contributed by atoms with van der Waals surface area (Å²) in [5.41, 5.74) is 0. The molecule has 0 radical (unpaired) electrons. The number of aliphatic imine (C=N–C) groups is 1. The molecule has 0 saturated heterocycles. The third kappa shape index (κ3) is 6.24. The number of carboxylic acid groups (broad SMARTS) is 1. The van der Waals surface area contributed by atoms with Crippen LogP contribution in [0.5, 0.6) is 0 Å². The highest BCUT2D eigenvalue weighted by Crippen LogP contribution is 2.03. The molecule has 0 atom stereocenters. The summed E-state index contributed by atoms with van der Waals surface area (Å²) < 4.78 is 15.1. The van der Waals surface area contributed by atoms with Crippen LogP contribution in [0.2, 0.25) is 0 Å². The van der Waals surface area contributed by atoms with Gasteiger partial charge in [0.1, 0.15) is 0 Å². The van der Waals surface area contributed by atoms with E-state index < -0.39 is 5.97 Å². The molecular formula is C8H12NO4S+. The second-order valence-corrected chi connectivity index (χ2v) is 3.04. The Bertz CT molecular complexity index is 262. The fourth-order valence-corrected chi connectivity index (χ4v) is 0.878. The Kier molecular flexibility index (Phi) is 6.47. The van der Waals surface area contributed by atoms with Crippen LogP contribution in [0.4, 0.5) is 0 Å². The zero-order valence-electron chi connectivity index (χ0n) is 7.86. The van der Waals surface area contributed by atoms with Crippen molar-refractivity contribution in [3.05, 3.63) is 11.7 Å². The van der Waals surface area contributed by atoms with Crippen LogP contribution in [0.25, 0.3) is 0 Å². The van der Waals surface area contributed by atoms with Crippen LogP contribution in [0.1, 0.15) is 19.3 Å². The molecule has 0 aromatic rings. The standard InChI is InChI=1S/C8H11NO4S/c1-6(14-12)13-7(9-2)4-3-5-8(10)11/h1,3-5H2,2H3/p+1.